The van der Waals surface area contributed by atoms with Crippen molar-refractivity contribution in [2.75, 3.05) is 0 Å². The Kier molecular flexibility index (Phi) is 18.5. The maximum absolute atomic E-state index is 8.24. The van der Waals surface area contributed by atoms with E-state index in [4.69, 9.17) is 9.90 Å². The topological polar surface area (TPSA) is 37.3 Å². The van der Waals surface area contributed by atoms with Gasteiger partial charge in [0.25, 0.3) is 0 Å². The summed E-state index contributed by atoms with van der Waals surface area (Å²) in [6.45, 7) is 15.0. The van der Waals surface area contributed by atoms with Crippen LogP contribution in [0.1, 0.15) is 11.1 Å². The second kappa shape index (κ2) is 15.5. The van der Waals surface area contributed by atoms with Crippen LogP contribution in [0.15, 0.2) is 24.3 Å². The van der Waals surface area contributed by atoms with Crippen molar-refractivity contribution in [2.24, 2.45) is 0 Å². The molecular formula is C17H22NbO2Si-8. The number of aliphatic hydroxyl groups excluding tert-OH is 1. The van der Waals surface area contributed by atoms with Gasteiger partial charge in [-0.2, -0.15) is 17.7 Å². The molecule has 0 aliphatic heterocycles. The van der Waals surface area contributed by atoms with E-state index in [1.165, 1.54) is 5.56 Å². The third kappa shape index (κ3) is 32.6. The summed E-state index contributed by atoms with van der Waals surface area (Å²) in [5.41, 5.74) is 2.32. The van der Waals surface area contributed by atoms with Gasteiger partial charge in [-0.15, -0.1) is 8.07 Å². The third-order valence-electron chi connectivity index (χ3n) is 1.39. The summed E-state index contributed by atoms with van der Waals surface area (Å²) in [7, 11) is -0.861. The maximum Gasteiger partial charge on any atom is 0 e. The van der Waals surface area contributed by atoms with Gasteiger partial charge in [0.15, 0.2) is 0 Å². The Bertz CT molecular complexity index is 362. The quantitative estimate of drug-likeness (QED) is 0.556. The molecular weight excluding hydrogens is 357 g/mol. The van der Waals surface area contributed by atoms with E-state index in [1.807, 2.05) is 19.1 Å². The van der Waals surface area contributed by atoms with Crippen molar-refractivity contribution in [1.29, 1.82) is 0 Å². The molecule has 4 heteroatoms. The SMILES string of the molecule is C[c-]1[c-][c-][c-][c-]1.C[c-]1cccc1.O=[C-]O.[CH2-][Si](C)(C)C.[Nb]. The van der Waals surface area contributed by atoms with E-state index in [0.29, 0.717) is 6.47 Å². The zero-order valence-electron chi connectivity index (χ0n) is 13.3. The second-order valence-corrected chi connectivity index (χ2v) is 10.4. The molecule has 0 aromatic heterocycles. The molecule has 0 unspecified atom stereocenters. The molecule has 2 aromatic carbocycles. The summed E-state index contributed by atoms with van der Waals surface area (Å²) < 4.78 is 0. The summed E-state index contributed by atoms with van der Waals surface area (Å²) in [4.78, 5) is 8.24. The minimum Gasteiger partial charge on any atom is -0.998 e. The van der Waals surface area contributed by atoms with Crippen molar-refractivity contribution in [3.05, 3.63) is 66.2 Å². The van der Waals surface area contributed by atoms with Gasteiger partial charge < -0.3 is 46.3 Å². The first kappa shape index (κ1) is 25.1. The van der Waals surface area contributed by atoms with Crippen LogP contribution in [-0.4, -0.2) is 19.7 Å². The van der Waals surface area contributed by atoms with E-state index in [1.54, 1.807) is 0 Å². The van der Waals surface area contributed by atoms with Gasteiger partial charge in [-0.25, -0.2) is 19.1 Å². The summed E-state index contributed by atoms with van der Waals surface area (Å²) in [6.07, 6.45) is 0. The van der Waals surface area contributed by atoms with Gasteiger partial charge in [0.05, 0.1) is 0 Å². The summed E-state index contributed by atoms with van der Waals surface area (Å²) in [5.74, 6) is 0. The van der Waals surface area contributed by atoms with Crippen molar-refractivity contribution >= 4 is 14.5 Å². The van der Waals surface area contributed by atoms with E-state index >= 15 is 0 Å². The molecule has 0 bridgehead atoms. The molecule has 2 rings (SSSR count). The van der Waals surface area contributed by atoms with Gasteiger partial charge in [-0.05, 0) is 0 Å². The summed E-state index contributed by atoms with van der Waals surface area (Å²) >= 11 is 0. The molecule has 0 saturated heterocycles. The van der Waals surface area contributed by atoms with Gasteiger partial charge in [0, 0.05) is 22.4 Å². The van der Waals surface area contributed by atoms with Gasteiger partial charge in [0.2, 0.25) is 0 Å². The van der Waals surface area contributed by atoms with Crippen molar-refractivity contribution < 1.29 is 32.3 Å². The molecule has 0 heterocycles. The molecule has 1 N–H and O–H groups in total. The molecule has 0 aliphatic carbocycles. The Morgan fingerprint density at radius 3 is 1.48 bits per heavy atom. The first-order valence-corrected chi connectivity index (χ1v) is 9.82. The molecule has 21 heavy (non-hydrogen) atoms. The van der Waals surface area contributed by atoms with Crippen molar-refractivity contribution in [3.8, 4) is 0 Å². The Morgan fingerprint density at radius 2 is 1.38 bits per heavy atom. The fourth-order valence-corrected chi connectivity index (χ4v) is 0.751. The molecule has 0 fully saturated rings. The fraction of sp³-hybridized carbons (Fsp3) is 0.294. The molecule has 0 amide bonds. The largest absolute Gasteiger partial charge is 0.998 e. The van der Waals surface area contributed by atoms with Gasteiger partial charge in [-0.1, -0.05) is 33.0 Å². The Hall–Kier alpha value is -0.873. The minimum atomic E-state index is -0.861. The summed E-state index contributed by atoms with van der Waals surface area (Å²) in [5, 5.41) is 6.76. The molecule has 2 aromatic rings. The van der Waals surface area contributed by atoms with Crippen LogP contribution < -0.4 is 0 Å². The normalized spacial score (nSPS) is 8.48. The van der Waals surface area contributed by atoms with Crippen LogP contribution in [0.4, 0.5) is 0 Å². The van der Waals surface area contributed by atoms with E-state index in [2.05, 4.69) is 69.5 Å². The predicted molar refractivity (Wildman–Crippen MR) is 85.9 cm³/mol. The van der Waals surface area contributed by atoms with Crippen LogP contribution >= 0.6 is 0 Å². The Labute approximate surface area is 146 Å². The molecule has 0 atom stereocenters. The third-order valence-corrected chi connectivity index (χ3v) is 1.39. The van der Waals surface area contributed by atoms with Crippen LogP contribution in [0.3, 0.4) is 0 Å². The predicted octanol–water partition coefficient (Wildman–Crippen LogP) is 3.94. The van der Waals surface area contributed by atoms with Gasteiger partial charge >= 0.3 is 0 Å². The molecule has 0 spiro atoms. The Balaban J connectivity index is -0.000000209. The monoisotopic (exact) mass is 379 g/mol. The van der Waals surface area contributed by atoms with Crippen LogP contribution in [0.2, 0.25) is 19.6 Å². The fourth-order valence-electron chi connectivity index (χ4n) is 0.751. The number of aryl methyl sites for hydroxylation is 2. The second-order valence-electron chi connectivity index (χ2n) is 5.24. The summed E-state index contributed by atoms with van der Waals surface area (Å²) in [6, 6.07) is 19.0. The van der Waals surface area contributed by atoms with E-state index in [0.717, 1.165) is 5.56 Å². The standard InChI is InChI=1S/C6H7.C6H3.C4H11Si.CHO2.Nb/c2*1-6-4-2-3-5-6;1-5(2,3)4;2-1-3;/h2-5H,1H3;1H3;1H2,2-4H3;(H,2,3);/q-1;-5;2*-1;. The van der Waals surface area contributed by atoms with Gasteiger partial charge in [0.1, 0.15) is 0 Å². The van der Waals surface area contributed by atoms with Crippen LogP contribution in [0, 0.1) is 44.7 Å². The smallest absolute Gasteiger partial charge is 0 e. The first-order valence-electron chi connectivity index (χ1n) is 6.11. The van der Waals surface area contributed by atoms with Crippen molar-refractivity contribution in [2.45, 2.75) is 33.5 Å². The van der Waals surface area contributed by atoms with E-state index < -0.39 is 8.07 Å². The average Bonchev–Trinajstić information content (AvgIpc) is 2.91. The molecule has 1 radical (unpaired) electrons. The molecule has 119 valence electrons. The van der Waals surface area contributed by atoms with E-state index in [-0.39, 0.29) is 22.4 Å². The van der Waals surface area contributed by atoms with Crippen molar-refractivity contribution in [1.82, 2.24) is 0 Å². The molecule has 2 nitrogen and oxygen atoms in total. The zero-order valence-corrected chi connectivity index (χ0v) is 16.5. The van der Waals surface area contributed by atoms with E-state index in [9.17, 15) is 0 Å². The zero-order chi connectivity index (χ0) is 16.0. The van der Waals surface area contributed by atoms with Crippen LogP contribution in [0.25, 0.3) is 0 Å². The number of hydrogen-bond donors (Lipinski definition) is 1. The van der Waals surface area contributed by atoms with Crippen LogP contribution in [-0.2, 0) is 27.2 Å². The first-order chi connectivity index (χ1) is 9.20. The number of hydrogen-bond acceptors (Lipinski definition) is 1. The minimum absolute atomic E-state index is 0. The van der Waals surface area contributed by atoms with Gasteiger partial charge in [-0.3, -0.25) is 0 Å². The molecule has 0 aliphatic rings. The Morgan fingerprint density at radius 1 is 1.10 bits per heavy atom. The molecule has 0 saturated carbocycles. The van der Waals surface area contributed by atoms with Crippen LogP contribution in [0.5, 0.6) is 0 Å². The number of rotatable bonds is 0. The average molecular weight is 379 g/mol. The maximum atomic E-state index is 8.24. The van der Waals surface area contributed by atoms with Crippen molar-refractivity contribution in [3.63, 3.8) is 0 Å².